The topological polar surface area (TPSA) is 55.4 Å². The first-order valence-corrected chi connectivity index (χ1v) is 5.03. The Balaban J connectivity index is 2.26. The summed E-state index contributed by atoms with van der Waals surface area (Å²) in [6, 6.07) is 3.47. The number of carbonyl (C=O) groups excluding carboxylic acids is 2. The highest BCUT2D eigenvalue weighted by atomic mass is 32.1. The van der Waals surface area contributed by atoms with Crippen LogP contribution in [0, 0.1) is 0 Å². The Morgan fingerprint density at radius 2 is 2.36 bits per heavy atom. The zero-order valence-corrected chi connectivity index (χ0v) is 8.60. The molecule has 1 N–H and O–H groups in total. The number of ether oxygens (including phenoxy) is 1. The predicted molar refractivity (Wildman–Crippen MR) is 53.3 cm³/mol. The molecule has 1 heterocycles. The Bertz CT molecular complexity index is 308. The zero-order valence-electron chi connectivity index (χ0n) is 7.78. The minimum absolute atomic E-state index is 0.121. The third kappa shape index (κ3) is 3.18. The molecule has 0 radical (unpaired) electrons. The monoisotopic (exact) mass is 213 g/mol. The lowest BCUT2D eigenvalue weighted by Crippen LogP contribution is -2.20. The maximum absolute atomic E-state index is 11.2. The number of hydrogen-bond donors (Lipinski definition) is 1. The van der Waals surface area contributed by atoms with Gasteiger partial charge in [0, 0.05) is 7.05 Å². The van der Waals surface area contributed by atoms with Crippen LogP contribution in [0.1, 0.15) is 16.1 Å². The van der Waals surface area contributed by atoms with Gasteiger partial charge in [-0.1, -0.05) is 6.07 Å². The summed E-state index contributed by atoms with van der Waals surface area (Å²) in [5, 5.41) is 4.25. The summed E-state index contributed by atoms with van der Waals surface area (Å²) in [5.74, 6) is -0.507. The molecule has 0 aliphatic heterocycles. The van der Waals surface area contributed by atoms with Crippen molar-refractivity contribution >= 4 is 23.2 Å². The average Bonchev–Trinajstić information content (AvgIpc) is 2.70. The molecule has 0 aliphatic rings. The van der Waals surface area contributed by atoms with Gasteiger partial charge in [0.1, 0.15) is 11.5 Å². The van der Waals surface area contributed by atoms with Crippen molar-refractivity contribution in [1.29, 1.82) is 0 Å². The van der Waals surface area contributed by atoms with Crippen LogP contribution in [0.2, 0.25) is 0 Å². The van der Waals surface area contributed by atoms with Crippen LogP contribution in [0.4, 0.5) is 0 Å². The highest BCUT2D eigenvalue weighted by molar-refractivity contribution is 7.11. The van der Waals surface area contributed by atoms with Gasteiger partial charge in [0.2, 0.25) is 5.91 Å². The van der Waals surface area contributed by atoms with Crippen molar-refractivity contribution in [2.24, 2.45) is 0 Å². The predicted octanol–water partition coefficient (Wildman–Crippen LogP) is 1.04. The van der Waals surface area contributed by atoms with E-state index in [1.54, 1.807) is 24.6 Å². The first-order valence-electron chi connectivity index (χ1n) is 4.15. The number of amides is 1. The van der Waals surface area contributed by atoms with Crippen LogP contribution < -0.4 is 5.32 Å². The minimum atomic E-state index is -0.371. The Labute approximate surface area is 85.9 Å². The molecule has 1 aromatic heterocycles. The number of hydrogen-bond acceptors (Lipinski definition) is 4. The molecule has 0 aromatic carbocycles. The van der Waals surface area contributed by atoms with Gasteiger partial charge in [-0.25, -0.2) is 4.79 Å². The van der Waals surface area contributed by atoms with E-state index in [4.69, 9.17) is 4.74 Å². The molecular weight excluding hydrogens is 202 g/mol. The van der Waals surface area contributed by atoms with E-state index in [0.29, 0.717) is 4.88 Å². The zero-order chi connectivity index (χ0) is 10.4. The Morgan fingerprint density at radius 1 is 1.57 bits per heavy atom. The van der Waals surface area contributed by atoms with Gasteiger partial charge in [0.25, 0.3) is 0 Å². The Kier molecular flexibility index (Phi) is 4.12. The van der Waals surface area contributed by atoms with Gasteiger partial charge >= 0.3 is 5.97 Å². The molecule has 0 saturated heterocycles. The molecule has 4 nitrogen and oxygen atoms in total. The number of esters is 1. The molecule has 0 aliphatic carbocycles. The van der Waals surface area contributed by atoms with Crippen LogP contribution in [0.5, 0.6) is 0 Å². The van der Waals surface area contributed by atoms with E-state index in [1.165, 1.54) is 11.3 Å². The molecule has 0 fully saturated rings. The second-order valence-electron chi connectivity index (χ2n) is 2.54. The molecule has 76 valence electrons. The van der Waals surface area contributed by atoms with Crippen LogP contribution in [0.25, 0.3) is 0 Å². The van der Waals surface area contributed by atoms with Gasteiger partial charge in [-0.15, -0.1) is 11.3 Å². The van der Waals surface area contributed by atoms with E-state index in [0.717, 1.165) is 0 Å². The van der Waals surface area contributed by atoms with Crippen molar-refractivity contribution in [3.05, 3.63) is 22.4 Å². The Morgan fingerprint density at radius 3 is 2.93 bits per heavy atom. The molecule has 0 spiro atoms. The lowest BCUT2D eigenvalue weighted by atomic mass is 10.4. The first-order chi connectivity index (χ1) is 6.74. The summed E-state index contributed by atoms with van der Waals surface area (Å²) >= 11 is 1.32. The maximum Gasteiger partial charge on any atom is 0.348 e. The molecule has 0 atom stereocenters. The van der Waals surface area contributed by atoms with Crippen molar-refractivity contribution in [1.82, 2.24) is 5.32 Å². The summed E-state index contributed by atoms with van der Waals surface area (Å²) in [7, 11) is 1.55. The van der Waals surface area contributed by atoms with Crippen molar-refractivity contribution in [3.63, 3.8) is 0 Å². The van der Waals surface area contributed by atoms with Crippen molar-refractivity contribution in [3.8, 4) is 0 Å². The first kappa shape index (κ1) is 10.7. The van der Waals surface area contributed by atoms with Crippen molar-refractivity contribution < 1.29 is 14.3 Å². The van der Waals surface area contributed by atoms with Crippen molar-refractivity contribution in [2.45, 2.75) is 6.42 Å². The molecule has 1 amide bonds. The fourth-order valence-corrected chi connectivity index (χ4v) is 1.44. The van der Waals surface area contributed by atoms with Crippen LogP contribution in [-0.4, -0.2) is 25.5 Å². The normalized spacial score (nSPS) is 9.50. The van der Waals surface area contributed by atoms with E-state index in [1.807, 2.05) is 0 Å². The fraction of sp³-hybridized carbons (Fsp3) is 0.333. The smallest absolute Gasteiger partial charge is 0.348 e. The largest absolute Gasteiger partial charge is 0.461 e. The molecule has 1 rings (SSSR count). The van der Waals surface area contributed by atoms with Crippen LogP contribution >= 0.6 is 11.3 Å². The number of rotatable bonds is 4. The summed E-state index contributed by atoms with van der Waals surface area (Å²) < 4.78 is 4.87. The summed E-state index contributed by atoms with van der Waals surface area (Å²) in [5.41, 5.74) is 0. The number of thiophene rings is 1. The standard InChI is InChI=1S/C9H11NO3S/c1-10-8(11)4-5-13-9(12)7-3-2-6-14-7/h2-3,6H,4-5H2,1H3,(H,10,11). The summed E-state index contributed by atoms with van der Waals surface area (Å²) in [6.45, 7) is 0.121. The molecule has 1 aromatic rings. The Hall–Kier alpha value is -1.36. The molecule has 0 bridgehead atoms. The van der Waals surface area contributed by atoms with Gasteiger partial charge in [-0.2, -0.15) is 0 Å². The second-order valence-corrected chi connectivity index (χ2v) is 3.48. The fourth-order valence-electron chi connectivity index (χ4n) is 0.827. The van der Waals surface area contributed by atoms with Gasteiger partial charge in [-0.3, -0.25) is 4.79 Å². The number of carbonyl (C=O) groups is 2. The summed E-state index contributed by atoms with van der Waals surface area (Å²) in [4.78, 5) is 22.6. The lowest BCUT2D eigenvalue weighted by Gasteiger charge is -2.01. The quantitative estimate of drug-likeness (QED) is 0.760. The highest BCUT2D eigenvalue weighted by Crippen LogP contribution is 2.09. The summed E-state index contributed by atoms with van der Waals surface area (Å²) in [6.07, 6.45) is 0.202. The SMILES string of the molecule is CNC(=O)CCOC(=O)c1cccs1. The van der Waals surface area contributed by atoms with Gasteiger partial charge in [-0.05, 0) is 11.4 Å². The molecule has 14 heavy (non-hydrogen) atoms. The van der Waals surface area contributed by atoms with E-state index < -0.39 is 0 Å². The molecular formula is C9H11NO3S. The van der Waals surface area contributed by atoms with Gasteiger partial charge in [0.15, 0.2) is 0 Å². The van der Waals surface area contributed by atoms with Gasteiger partial charge < -0.3 is 10.1 Å². The van der Waals surface area contributed by atoms with Crippen LogP contribution in [-0.2, 0) is 9.53 Å². The molecule has 0 unspecified atom stereocenters. The molecule has 0 saturated carbocycles. The van der Waals surface area contributed by atoms with Crippen molar-refractivity contribution in [2.75, 3.05) is 13.7 Å². The third-order valence-electron chi connectivity index (χ3n) is 1.56. The van der Waals surface area contributed by atoms with E-state index in [-0.39, 0.29) is 24.9 Å². The average molecular weight is 213 g/mol. The van der Waals surface area contributed by atoms with E-state index >= 15 is 0 Å². The second kappa shape index (κ2) is 5.39. The molecule has 5 heteroatoms. The highest BCUT2D eigenvalue weighted by Gasteiger charge is 2.08. The minimum Gasteiger partial charge on any atom is -0.461 e. The maximum atomic E-state index is 11.2. The van der Waals surface area contributed by atoms with Crippen LogP contribution in [0.3, 0.4) is 0 Å². The lowest BCUT2D eigenvalue weighted by molar-refractivity contribution is -0.121. The van der Waals surface area contributed by atoms with E-state index in [9.17, 15) is 9.59 Å². The van der Waals surface area contributed by atoms with E-state index in [2.05, 4.69) is 5.32 Å². The van der Waals surface area contributed by atoms with Gasteiger partial charge in [0.05, 0.1) is 6.42 Å². The third-order valence-corrected chi connectivity index (χ3v) is 2.41. The number of nitrogens with one attached hydrogen (secondary N) is 1. The van der Waals surface area contributed by atoms with Crippen LogP contribution in [0.15, 0.2) is 17.5 Å².